The Labute approximate surface area is 154 Å². The summed E-state index contributed by atoms with van der Waals surface area (Å²) in [5.41, 5.74) is 1.23. The molecule has 1 fully saturated rings. The van der Waals surface area contributed by atoms with E-state index in [1.807, 2.05) is 27.7 Å². The summed E-state index contributed by atoms with van der Waals surface area (Å²) >= 11 is 0. The maximum Gasteiger partial charge on any atom is 0.414 e. The van der Waals surface area contributed by atoms with Gasteiger partial charge >= 0.3 is 6.09 Å². The molecule has 7 nitrogen and oxygen atoms in total. The molecule has 1 aromatic carbocycles. The lowest BCUT2D eigenvalue weighted by Crippen LogP contribution is -2.47. The molecule has 1 atom stereocenters. The van der Waals surface area contributed by atoms with Crippen LogP contribution in [0, 0.1) is 11.8 Å². The van der Waals surface area contributed by atoms with E-state index in [2.05, 4.69) is 10.6 Å². The third-order valence-corrected chi connectivity index (χ3v) is 4.05. The fourth-order valence-electron chi connectivity index (χ4n) is 2.74. The Morgan fingerprint density at radius 3 is 2.54 bits per heavy atom. The summed E-state index contributed by atoms with van der Waals surface area (Å²) in [7, 11) is 0. The molecule has 26 heavy (non-hydrogen) atoms. The molecule has 1 saturated heterocycles. The monoisotopic (exact) mass is 361 g/mol. The predicted molar refractivity (Wildman–Crippen MR) is 100.0 cm³/mol. The maximum absolute atomic E-state index is 12.6. The first-order valence-electron chi connectivity index (χ1n) is 8.92. The molecule has 1 aliphatic rings. The van der Waals surface area contributed by atoms with E-state index in [4.69, 9.17) is 4.74 Å². The Hall–Kier alpha value is -2.57. The number of anilines is 2. The molecule has 1 aliphatic heterocycles. The average Bonchev–Trinajstić information content (AvgIpc) is 2.98. The molecule has 1 aromatic rings. The molecule has 0 bridgehead atoms. The van der Waals surface area contributed by atoms with Crippen LogP contribution < -0.4 is 15.5 Å². The first kappa shape index (κ1) is 19.8. The fourth-order valence-corrected chi connectivity index (χ4v) is 2.74. The van der Waals surface area contributed by atoms with E-state index < -0.39 is 12.1 Å². The van der Waals surface area contributed by atoms with E-state index in [0.29, 0.717) is 30.9 Å². The van der Waals surface area contributed by atoms with Crippen LogP contribution in [-0.2, 0) is 14.3 Å². The van der Waals surface area contributed by atoms with Crippen LogP contribution in [0.25, 0.3) is 0 Å². The van der Waals surface area contributed by atoms with E-state index in [0.717, 1.165) is 0 Å². The Balaban J connectivity index is 2.06. The van der Waals surface area contributed by atoms with Gasteiger partial charge < -0.3 is 15.4 Å². The highest BCUT2D eigenvalue weighted by Crippen LogP contribution is 2.22. The van der Waals surface area contributed by atoms with Gasteiger partial charge in [0.2, 0.25) is 11.8 Å². The minimum Gasteiger partial charge on any atom is -0.447 e. The van der Waals surface area contributed by atoms with E-state index in [9.17, 15) is 14.4 Å². The van der Waals surface area contributed by atoms with Crippen molar-refractivity contribution in [2.24, 2.45) is 11.8 Å². The molecule has 0 saturated carbocycles. The van der Waals surface area contributed by atoms with Gasteiger partial charge in [0.25, 0.3) is 0 Å². The second-order valence-corrected chi connectivity index (χ2v) is 7.19. The van der Waals surface area contributed by atoms with Gasteiger partial charge in [-0.25, -0.2) is 4.79 Å². The zero-order valence-electron chi connectivity index (χ0n) is 15.7. The van der Waals surface area contributed by atoms with Crippen LogP contribution in [0.2, 0.25) is 0 Å². The van der Waals surface area contributed by atoms with Crippen molar-refractivity contribution in [1.29, 1.82) is 0 Å². The molecule has 2 rings (SSSR count). The first-order valence-corrected chi connectivity index (χ1v) is 8.92. The molecule has 0 aromatic heterocycles. The second-order valence-electron chi connectivity index (χ2n) is 7.19. The van der Waals surface area contributed by atoms with Crippen LogP contribution >= 0.6 is 0 Å². The molecule has 0 aliphatic carbocycles. The highest BCUT2D eigenvalue weighted by atomic mass is 16.6. The molecule has 2 N–H and O–H groups in total. The Kier molecular flexibility index (Phi) is 6.60. The first-order chi connectivity index (χ1) is 12.3. The topological polar surface area (TPSA) is 87.7 Å². The lowest BCUT2D eigenvalue weighted by atomic mass is 10.0. The number of rotatable bonds is 7. The number of amides is 3. The summed E-state index contributed by atoms with van der Waals surface area (Å²) in [6, 6.07) is 6.39. The standard InChI is InChI=1S/C19H27N3O4/c1-12(2)10-16(23)21-17(13(3)4)18(24)20-14-6-5-7-15(11-14)22-8-9-26-19(22)25/h5-7,11-13,17H,8-10H2,1-4H3,(H,20,24)(H,21,23). The van der Waals surface area contributed by atoms with Crippen molar-refractivity contribution in [2.45, 2.75) is 40.2 Å². The molecule has 3 amide bonds. The van der Waals surface area contributed by atoms with Gasteiger partial charge in [0.05, 0.1) is 6.54 Å². The van der Waals surface area contributed by atoms with Crippen molar-refractivity contribution in [2.75, 3.05) is 23.4 Å². The Morgan fingerprint density at radius 1 is 1.23 bits per heavy atom. The number of carbonyl (C=O) groups excluding carboxylic acids is 3. The highest BCUT2D eigenvalue weighted by molar-refractivity contribution is 5.98. The maximum atomic E-state index is 12.6. The number of cyclic esters (lactones) is 1. The zero-order chi connectivity index (χ0) is 19.3. The van der Waals surface area contributed by atoms with Gasteiger partial charge in [-0.15, -0.1) is 0 Å². The smallest absolute Gasteiger partial charge is 0.414 e. The van der Waals surface area contributed by atoms with Crippen LogP contribution in [0.15, 0.2) is 24.3 Å². The number of nitrogens with zero attached hydrogens (tertiary/aromatic N) is 1. The second kappa shape index (κ2) is 8.69. The van der Waals surface area contributed by atoms with Crippen molar-refractivity contribution >= 4 is 29.3 Å². The van der Waals surface area contributed by atoms with Gasteiger partial charge in [0.1, 0.15) is 12.6 Å². The van der Waals surface area contributed by atoms with Gasteiger partial charge in [-0.3, -0.25) is 14.5 Å². The summed E-state index contributed by atoms with van der Waals surface area (Å²) in [4.78, 5) is 37.9. The van der Waals surface area contributed by atoms with Crippen LogP contribution in [0.3, 0.4) is 0 Å². The Morgan fingerprint density at radius 2 is 1.96 bits per heavy atom. The van der Waals surface area contributed by atoms with Crippen LogP contribution in [0.4, 0.5) is 16.2 Å². The summed E-state index contributed by atoms with van der Waals surface area (Å²) in [6.07, 6.45) is -0.0160. The van der Waals surface area contributed by atoms with Crippen LogP contribution in [0.1, 0.15) is 34.1 Å². The largest absolute Gasteiger partial charge is 0.447 e. The lowest BCUT2D eigenvalue weighted by Gasteiger charge is -2.22. The number of hydrogen-bond donors (Lipinski definition) is 2. The predicted octanol–water partition coefficient (Wildman–Crippen LogP) is 2.77. The third-order valence-electron chi connectivity index (χ3n) is 4.05. The molecule has 1 heterocycles. The van der Waals surface area contributed by atoms with Crippen molar-refractivity contribution in [3.63, 3.8) is 0 Å². The minimum atomic E-state index is -0.623. The highest BCUT2D eigenvalue weighted by Gasteiger charge is 2.26. The fraction of sp³-hybridized carbons (Fsp3) is 0.526. The van der Waals surface area contributed by atoms with Gasteiger partial charge in [0, 0.05) is 17.8 Å². The van der Waals surface area contributed by atoms with Crippen molar-refractivity contribution in [1.82, 2.24) is 5.32 Å². The van der Waals surface area contributed by atoms with E-state index in [1.54, 1.807) is 24.3 Å². The van der Waals surface area contributed by atoms with Crippen molar-refractivity contribution in [3.8, 4) is 0 Å². The summed E-state index contributed by atoms with van der Waals surface area (Å²) in [6.45, 7) is 8.52. The Bertz CT molecular complexity index is 673. The molecule has 1 unspecified atom stereocenters. The average molecular weight is 361 g/mol. The van der Waals surface area contributed by atoms with Gasteiger partial charge in [-0.05, 0) is 30.0 Å². The van der Waals surface area contributed by atoms with Gasteiger partial charge in [-0.2, -0.15) is 0 Å². The summed E-state index contributed by atoms with van der Waals surface area (Å²) in [5.74, 6) is -0.244. The lowest BCUT2D eigenvalue weighted by molar-refractivity contribution is -0.127. The van der Waals surface area contributed by atoms with Crippen LogP contribution in [0.5, 0.6) is 0 Å². The van der Waals surface area contributed by atoms with E-state index in [1.165, 1.54) is 4.90 Å². The number of nitrogens with one attached hydrogen (secondary N) is 2. The van der Waals surface area contributed by atoms with Gasteiger partial charge in [0.15, 0.2) is 0 Å². The number of ether oxygens (including phenoxy) is 1. The van der Waals surface area contributed by atoms with E-state index in [-0.39, 0.29) is 23.7 Å². The summed E-state index contributed by atoms with van der Waals surface area (Å²) in [5, 5.41) is 5.64. The van der Waals surface area contributed by atoms with Crippen molar-refractivity contribution < 1.29 is 19.1 Å². The number of hydrogen-bond acceptors (Lipinski definition) is 4. The number of carbonyl (C=O) groups is 3. The minimum absolute atomic E-state index is 0.0529. The summed E-state index contributed by atoms with van der Waals surface area (Å²) < 4.78 is 4.94. The zero-order valence-corrected chi connectivity index (χ0v) is 15.7. The molecular formula is C19H27N3O4. The molecule has 142 valence electrons. The SMILES string of the molecule is CC(C)CC(=O)NC(C(=O)Nc1cccc(N2CCOC2=O)c1)C(C)C. The van der Waals surface area contributed by atoms with Crippen molar-refractivity contribution in [3.05, 3.63) is 24.3 Å². The molecule has 0 spiro atoms. The van der Waals surface area contributed by atoms with Crippen LogP contribution in [-0.4, -0.2) is 37.1 Å². The number of benzene rings is 1. The normalized spacial score (nSPS) is 15.2. The molecule has 7 heteroatoms. The quantitative estimate of drug-likeness (QED) is 0.782. The molecular weight excluding hydrogens is 334 g/mol. The van der Waals surface area contributed by atoms with E-state index >= 15 is 0 Å². The van der Waals surface area contributed by atoms with Gasteiger partial charge in [-0.1, -0.05) is 33.8 Å². The molecule has 0 radical (unpaired) electrons. The third kappa shape index (κ3) is 5.21.